The van der Waals surface area contributed by atoms with Crippen molar-refractivity contribution < 1.29 is 9.72 Å². The molecule has 0 atom stereocenters. The maximum absolute atomic E-state index is 12.8. The number of rotatable bonds is 5. The standard InChI is InChI=1S/C22H20N8O3/c31-22(17-6-8-18(9-7-17)30(32)33)28-12-10-27(11-13-28)20-19-21(24-15-23-20)29(26-25-19)14-16-4-2-1-3-5-16/h1-9,15H,10-14H2. The van der Waals surface area contributed by atoms with E-state index in [1.165, 1.54) is 30.6 Å². The van der Waals surface area contributed by atoms with E-state index in [-0.39, 0.29) is 11.6 Å². The number of anilines is 1. The van der Waals surface area contributed by atoms with Gasteiger partial charge in [-0.1, -0.05) is 35.5 Å². The van der Waals surface area contributed by atoms with Crippen molar-refractivity contribution in [2.24, 2.45) is 0 Å². The molecule has 1 amide bonds. The van der Waals surface area contributed by atoms with Crippen LogP contribution < -0.4 is 4.90 Å². The van der Waals surface area contributed by atoms with Crippen LogP contribution in [0.3, 0.4) is 0 Å². The van der Waals surface area contributed by atoms with Crippen LogP contribution in [0.25, 0.3) is 11.2 Å². The first-order valence-corrected chi connectivity index (χ1v) is 10.5. The number of hydrogen-bond acceptors (Lipinski definition) is 8. The third kappa shape index (κ3) is 4.07. The molecule has 1 saturated heterocycles. The molecule has 166 valence electrons. The van der Waals surface area contributed by atoms with Gasteiger partial charge in [0, 0.05) is 43.9 Å². The van der Waals surface area contributed by atoms with Gasteiger partial charge in [-0.2, -0.15) is 0 Å². The molecule has 33 heavy (non-hydrogen) atoms. The second-order valence-electron chi connectivity index (χ2n) is 7.69. The van der Waals surface area contributed by atoms with Crippen molar-refractivity contribution in [1.29, 1.82) is 0 Å². The lowest BCUT2D eigenvalue weighted by molar-refractivity contribution is -0.384. The maximum atomic E-state index is 12.8. The number of carbonyl (C=O) groups is 1. The first-order valence-electron chi connectivity index (χ1n) is 10.5. The third-order valence-electron chi connectivity index (χ3n) is 5.65. The van der Waals surface area contributed by atoms with E-state index < -0.39 is 4.92 Å². The van der Waals surface area contributed by atoms with E-state index in [1.807, 2.05) is 30.3 Å². The number of aromatic nitrogens is 5. The molecular formula is C22H20N8O3. The summed E-state index contributed by atoms with van der Waals surface area (Å²) >= 11 is 0. The van der Waals surface area contributed by atoms with Crippen molar-refractivity contribution in [2.45, 2.75) is 6.54 Å². The van der Waals surface area contributed by atoms with Gasteiger partial charge in [0.1, 0.15) is 6.33 Å². The quantitative estimate of drug-likeness (QED) is 0.339. The maximum Gasteiger partial charge on any atom is 0.269 e. The molecular weight excluding hydrogens is 424 g/mol. The van der Waals surface area contributed by atoms with E-state index in [0.717, 1.165) is 5.56 Å². The Hall–Kier alpha value is -4.41. The molecule has 1 aliphatic rings. The minimum atomic E-state index is -0.481. The molecule has 0 bridgehead atoms. The number of nitro groups is 1. The lowest BCUT2D eigenvalue weighted by Crippen LogP contribution is -2.49. The molecule has 0 radical (unpaired) electrons. The molecule has 1 fully saturated rings. The zero-order valence-corrected chi connectivity index (χ0v) is 17.6. The largest absolute Gasteiger partial charge is 0.351 e. The van der Waals surface area contributed by atoms with Crippen LogP contribution in [0.4, 0.5) is 11.5 Å². The number of benzene rings is 2. The van der Waals surface area contributed by atoms with Crippen molar-refractivity contribution in [3.8, 4) is 0 Å². The molecule has 4 aromatic rings. The zero-order chi connectivity index (χ0) is 22.8. The van der Waals surface area contributed by atoms with Crippen molar-refractivity contribution in [3.05, 3.63) is 82.2 Å². The van der Waals surface area contributed by atoms with Gasteiger partial charge >= 0.3 is 0 Å². The van der Waals surface area contributed by atoms with E-state index in [2.05, 4.69) is 25.2 Å². The number of nitrogens with zero attached hydrogens (tertiary/aromatic N) is 8. The highest BCUT2D eigenvalue weighted by molar-refractivity contribution is 5.94. The van der Waals surface area contributed by atoms with E-state index in [9.17, 15) is 14.9 Å². The predicted molar refractivity (Wildman–Crippen MR) is 120 cm³/mol. The molecule has 2 aromatic heterocycles. The van der Waals surface area contributed by atoms with E-state index in [0.29, 0.717) is 55.3 Å². The van der Waals surface area contributed by atoms with Crippen molar-refractivity contribution in [1.82, 2.24) is 29.9 Å². The van der Waals surface area contributed by atoms with Gasteiger partial charge in [0.05, 0.1) is 11.5 Å². The van der Waals surface area contributed by atoms with Gasteiger partial charge in [-0.3, -0.25) is 14.9 Å². The Morgan fingerprint density at radius 1 is 0.970 bits per heavy atom. The van der Waals surface area contributed by atoms with Gasteiger partial charge in [0.15, 0.2) is 17.0 Å². The lowest BCUT2D eigenvalue weighted by atomic mass is 10.1. The molecule has 11 heteroatoms. The Morgan fingerprint density at radius 2 is 1.70 bits per heavy atom. The number of carbonyl (C=O) groups excluding carboxylic acids is 1. The molecule has 5 rings (SSSR count). The third-order valence-corrected chi connectivity index (χ3v) is 5.65. The molecule has 11 nitrogen and oxygen atoms in total. The summed E-state index contributed by atoms with van der Waals surface area (Å²) in [6.45, 7) is 2.72. The van der Waals surface area contributed by atoms with Crippen molar-refractivity contribution in [3.63, 3.8) is 0 Å². The average molecular weight is 444 g/mol. The van der Waals surface area contributed by atoms with E-state index in [1.54, 1.807) is 9.58 Å². The van der Waals surface area contributed by atoms with Gasteiger partial charge in [-0.25, -0.2) is 14.6 Å². The second kappa shape index (κ2) is 8.61. The fourth-order valence-electron chi connectivity index (χ4n) is 3.90. The molecule has 1 aliphatic heterocycles. The first-order chi connectivity index (χ1) is 16.1. The Morgan fingerprint density at radius 3 is 2.39 bits per heavy atom. The summed E-state index contributed by atoms with van der Waals surface area (Å²) in [5.74, 6) is 0.549. The monoisotopic (exact) mass is 444 g/mol. The summed E-state index contributed by atoms with van der Waals surface area (Å²) < 4.78 is 1.75. The van der Waals surface area contributed by atoms with Crippen LogP contribution in [0.2, 0.25) is 0 Å². The van der Waals surface area contributed by atoms with Crippen LogP contribution in [-0.2, 0) is 6.54 Å². The predicted octanol–water partition coefficient (Wildman–Crippen LogP) is 2.14. The number of non-ortho nitro benzene ring substituents is 1. The summed E-state index contributed by atoms with van der Waals surface area (Å²) in [6.07, 6.45) is 1.51. The highest BCUT2D eigenvalue weighted by Gasteiger charge is 2.25. The SMILES string of the molecule is O=C(c1ccc([N+](=O)[O-])cc1)N1CCN(c2ncnc3c2nnn3Cc2ccccc2)CC1. The van der Waals surface area contributed by atoms with Gasteiger partial charge in [-0.15, -0.1) is 5.10 Å². The molecule has 0 spiro atoms. The number of nitro benzene ring substituents is 1. The first kappa shape index (κ1) is 20.5. The zero-order valence-electron chi connectivity index (χ0n) is 17.6. The molecule has 0 aliphatic carbocycles. The Labute approximate surface area is 188 Å². The summed E-state index contributed by atoms with van der Waals surface area (Å²) in [4.78, 5) is 35.8. The van der Waals surface area contributed by atoms with E-state index in [4.69, 9.17) is 0 Å². The summed E-state index contributed by atoms with van der Waals surface area (Å²) in [5.41, 5.74) is 2.78. The number of hydrogen-bond donors (Lipinski definition) is 0. The summed E-state index contributed by atoms with van der Waals surface area (Å²) in [7, 11) is 0. The highest BCUT2D eigenvalue weighted by Crippen LogP contribution is 2.23. The molecule has 0 saturated carbocycles. The lowest BCUT2D eigenvalue weighted by Gasteiger charge is -2.35. The van der Waals surface area contributed by atoms with Crippen LogP contribution in [-0.4, -0.2) is 66.9 Å². The summed E-state index contributed by atoms with van der Waals surface area (Å²) in [5, 5.41) is 19.4. The minimum absolute atomic E-state index is 0.0375. The van der Waals surface area contributed by atoms with Gasteiger partial charge in [0.25, 0.3) is 11.6 Å². The van der Waals surface area contributed by atoms with Crippen LogP contribution >= 0.6 is 0 Å². The smallest absolute Gasteiger partial charge is 0.269 e. The highest BCUT2D eigenvalue weighted by atomic mass is 16.6. The van der Waals surface area contributed by atoms with Gasteiger partial charge < -0.3 is 9.80 Å². The van der Waals surface area contributed by atoms with Crippen LogP contribution in [0, 0.1) is 10.1 Å². The molecule has 0 unspecified atom stereocenters. The van der Waals surface area contributed by atoms with Crippen LogP contribution in [0.15, 0.2) is 60.9 Å². The Balaban J connectivity index is 1.29. The topological polar surface area (TPSA) is 123 Å². The van der Waals surface area contributed by atoms with Crippen molar-refractivity contribution >= 4 is 28.6 Å². The van der Waals surface area contributed by atoms with Crippen LogP contribution in [0.1, 0.15) is 15.9 Å². The second-order valence-corrected chi connectivity index (χ2v) is 7.69. The van der Waals surface area contributed by atoms with Crippen LogP contribution in [0.5, 0.6) is 0 Å². The Kier molecular flexibility index (Phi) is 5.35. The minimum Gasteiger partial charge on any atom is -0.351 e. The Bertz CT molecular complexity index is 1300. The normalized spacial score (nSPS) is 13.9. The average Bonchev–Trinajstić information content (AvgIpc) is 3.27. The van der Waals surface area contributed by atoms with Gasteiger partial charge in [-0.05, 0) is 17.7 Å². The molecule has 2 aromatic carbocycles. The van der Waals surface area contributed by atoms with E-state index >= 15 is 0 Å². The fourth-order valence-corrected chi connectivity index (χ4v) is 3.90. The van der Waals surface area contributed by atoms with Crippen molar-refractivity contribution in [2.75, 3.05) is 31.1 Å². The molecule has 3 heterocycles. The molecule has 0 N–H and O–H groups in total. The number of fused-ring (bicyclic) bond motifs is 1. The number of piperazine rings is 1. The number of amides is 1. The fraction of sp³-hybridized carbons (Fsp3) is 0.227. The summed E-state index contributed by atoms with van der Waals surface area (Å²) in [6, 6.07) is 15.7. The van der Waals surface area contributed by atoms with Gasteiger partial charge in [0.2, 0.25) is 0 Å².